The average Bonchev–Trinajstić information content (AvgIpc) is 2.58. The van der Waals surface area contributed by atoms with Crippen molar-refractivity contribution in [3.8, 4) is 0 Å². The number of hydrogen-bond acceptors (Lipinski definition) is 4. The lowest BCUT2D eigenvalue weighted by Crippen LogP contribution is -2.61. The molecule has 0 radical (unpaired) electrons. The smallest absolute Gasteiger partial charge is 0.307 e. The molecule has 3 fully saturated rings. The standard InChI is InChI=1S/C19H31N2O4/c1-21-12-3-2-7-16(21)15(6-5-13-21)14-25-19(24)10-11-20-17(22)8-4-9-18(20)23/h15-16H,2-14H2,1H3/q+1/t15-,16+,21-/m1/s1. The molecule has 3 atom stereocenters. The van der Waals surface area contributed by atoms with Crippen molar-refractivity contribution >= 4 is 17.8 Å². The number of amides is 2. The maximum atomic E-state index is 12.1. The number of piperidine rings is 3. The normalized spacial score (nSPS) is 33.1. The van der Waals surface area contributed by atoms with Crippen LogP contribution in [0.3, 0.4) is 0 Å². The molecule has 0 bridgehead atoms. The van der Waals surface area contributed by atoms with Gasteiger partial charge in [0.2, 0.25) is 11.8 Å². The van der Waals surface area contributed by atoms with Crippen LogP contribution in [0.5, 0.6) is 0 Å². The van der Waals surface area contributed by atoms with Gasteiger partial charge in [-0.3, -0.25) is 19.3 Å². The Morgan fingerprint density at radius 1 is 1.08 bits per heavy atom. The minimum atomic E-state index is -0.290. The molecular formula is C19H31N2O4+. The lowest BCUT2D eigenvalue weighted by atomic mass is 9.82. The van der Waals surface area contributed by atoms with Crippen molar-refractivity contribution in [2.75, 3.05) is 33.3 Å². The molecule has 0 aromatic heterocycles. The van der Waals surface area contributed by atoms with E-state index in [0.29, 0.717) is 37.8 Å². The second kappa shape index (κ2) is 7.85. The molecule has 0 aliphatic carbocycles. The number of imide groups is 1. The number of carbonyl (C=O) groups excluding carboxylic acids is 3. The molecule has 6 heteroatoms. The highest BCUT2D eigenvalue weighted by Gasteiger charge is 2.43. The summed E-state index contributed by atoms with van der Waals surface area (Å²) in [5, 5.41) is 0. The van der Waals surface area contributed by atoms with E-state index in [1.807, 2.05) is 0 Å². The molecule has 0 N–H and O–H groups in total. The van der Waals surface area contributed by atoms with Crippen molar-refractivity contribution in [2.45, 2.75) is 63.8 Å². The first kappa shape index (κ1) is 18.4. The van der Waals surface area contributed by atoms with Gasteiger partial charge in [0.1, 0.15) is 0 Å². The second-order valence-corrected chi connectivity index (χ2v) is 8.12. The fourth-order valence-corrected chi connectivity index (χ4v) is 4.95. The number of rotatable bonds is 5. The first-order chi connectivity index (χ1) is 12.0. The van der Waals surface area contributed by atoms with Crippen molar-refractivity contribution in [1.82, 2.24) is 4.90 Å². The van der Waals surface area contributed by atoms with Crippen LogP contribution in [0.2, 0.25) is 0 Å². The van der Waals surface area contributed by atoms with Crippen LogP contribution < -0.4 is 0 Å². The van der Waals surface area contributed by atoms with Gasteiger partial charge in [-0.05, 0) is 32.1 Å². The lowest BCUT2D eigenvalue weighted by Gasteiger charge is -2.51. The highest BCUT2D eigenvalue weighted by molar-refractivity contribution is 5.97. The predicted octanol–water partition coefficient (Wildman–Crippen LogP) is 1.87. The van der Waals surface area contributed by atoms with Gasteiger partial charge < -0.3 is 9.22 Å². The van der Waals surface area contributed by atoms with Crippen molar-refractivity contribution < 1.29 is 23.6 Å². The summed E-state index contributed by atoms with van der Waals surface area (Å²) in [7, 11) is 2.35. The van der Waals surface area contributed by atoms with Gasteiger partial charge in [0.05, 0.1) is 39.2 Å². The molecule has 25 heavy (non-hydrogen) atoms. The van der Waals surface area contributed by atoms with E-state index < -0.39 is 0 Å². The molecule has 3 saturated heterocycles. The summed E-state index contributed by atoms with van der Waals surface area (Å²) in [5.74, 6) is -0.166. The van der Waals surface area contributed by atoms with E-state index in [0.717, 1.165) is 10.9 Å². The Hall–Kier alpha value is -1.43. The van der Waals surface area contributed by atoms with E-state index in [-0.39, 0.29) is 30.7 Å². The fraction of sp³-hybridized carbons (Fsp3) is 0.842. The van der Waals surface area contributed by atoms with Gasteiger partial charge in [-0.15, -0.1) is 0 Å². The molecule has 3 rings (SSSR count). The van der Waals surface area contributed by atoms with Crippen molar-refractivity contribution in [1.29, 1.82) is 0 Å². The van der Waals surface area contributed by atoms with Crippen molar-refractivity contribution in [3.05, 3.63) is 0 Å². The topological polar surface area (TPSA) is 63.7 Å². The number of carbonyl (C=O) groups is 3. The van der Waals surface area contributed by atoms with Crippen molar-refractivity contribution in [3.63, 3.8) is 0 Å². The van der Waals surface area contributed by atoms with Crippen LogP contribution >= 0.6 is 0 Å². The van der Waals surface area contributed by atoms with Crippen molar-refractivity contribution in [2.24, 2.45) is 5.92 Å². The summed E-state index contributed by atoms with van der Waals surface area (Å²) >= 11 is 0. The number of nitrogens with zero attached hydrogens (tertiary/aromatic N) is 2. The maximum absolute atomic E-state index is 12.1. The van der Waals surface area contributed by atoms with Crippen LogP contribution in [0.1, 0.15) is 57.8 Å². The molecule has 6 nitrogen and oxygen atoms in total. The minimum absolute atomic E-state index is 0.112. The molecule has 140 valence electrons. The number of hydrogen-bond donors (Lipinski definition) is 0. The zero-order chi connectivity index (χ0) is 17.9. The van der Waals surface area contributed by atoms with Gasteiger partial charge in [0.25, 0.3) is 0 Å². The van der Waals surface area contributed by atoms with Gasteiger partial charge in [0, 0.05) is 31.7 Å². The summed E-state index contributed by atoms with van der Waals surface area (Å²) in [4.78, 5) is 36.9. The SMILES string of the molecule is C[N@+]12CCCC[C@H]1[C@@H](COC(=O)CCN1C(=O)CCCC1=O)CCC2. The summed E-state index contributed by atoms with van der Waals surface area (Å²) in [6, 6.07) is 0.612. The highest BCUT2D eigenvalue weighted by atomic mass is 16.5. The lowest BCUT2D eigenvalue weighted by molar-refractivity contribution is -0.947. The van der Waals surface area contributed by atoms with Gasteiger partial charge >= 0.3 is 5.97 Å². The van der Waals surface area contributed by atoms with E-state index in [9.17, 15) is 14.4 Å². The first-order valence-corrected chi connectivity index (χ1v) is 9.83. The third-order valence-electron chi connectivity index (χ3n) is 6.39. The Kier molecular flexibility index (Phi) is 5.77. The van der Waals surface area contributed by atoms with E-state index in [2.05, 4.69) is 7.05 Å². The first-order valence-electron chi connectivity index (χ1n) is 9.83. The van der Waals surface area contributed by atoms with Gasteiger partial charge in [0.15, 0.2) is 0 Å². The van der Waals surface area contributed by atoms with Crippen LogP contribution in [0.25, 0.3) is 0 Å². The summed E-state index contributed by atoms with van der Waals surface area (Å²) in [6.45, 7) is 3.14. The quantitative estimate of drug-likeness (QED) is 0.431. The minimum Gasteiger partial charge on any atom is -0.465 e. The third kappa shape index (κ3) is 4.22. The zero-order valence-corrected chi connectivity index (χ0v) is 15.4. The average molecular weight is 351 g/mol. The third-order valence-corrected chi connectivity index (χ3v) is 6.39. The van der Waals surface area contributed by atoms with Crippen LogP contribution in [0.15, 0.2) is 0 Å². The molecule has 3 heterocycles. The zero-order valence-electron chi connectivity index (χ0n) is 15.4. The molecule has 2 amide bonds. The monoisotopic (exact) mass is 351 g/mol. The Morgan fingerprint density at radius 2 is 1.80 bits per heavy atom. The number of fused-ring (bicyclic) bond motifs is 1. The summed E-state index contributed by atoms with van der Waals surface area (Å²) in [5.41, 5.74) is 0. The Bertz CT molecular complexity index is 516. The molecule has 0 saturated carbocycles. The van der Waals surface area contributed by atoms with Gasteiger partial charge in [-0.25, -0.2) is 0 Å². The van der Waals surface area contributed by atoms with E-state index in [4.69, 9.17) is 4.74 Å². The van der Waals surface area contributed by atoms with Gasteiger partial charge in [-0.1, -0.05) is 0 Å². The van der Waals surface area contributed by atoms with E-state index in [1.54, 1.807) is 0 Å². The fourth-order valence-electron chi connectivity index (χ4n) is 4.95. The van der Waals surface area contributed by atoms with Gasteiger partial charge in [-0.2, -0.15) is 0 Å². The summed E-state index contributed by atoms with van der Waals surface area (Å²) in [6.07, 6.45) is 7.69. The van der Waals surface area contributed by atoms with Crippen LogP contribution in [0.4, 0.5) is 0 Å². The molecule has 0 aromatic rings. The molecule has 3 aliphatic heterocycles. The number of likely N-dealkylation sites (tertiary alicyclic amines) is 1. The Morgan fingerprint density at radius 3 is 2.56 bits per heavy atom. The van der Waals surface area contributed by atoms with Crippen LogP contribution in [-0.4, -0.2) is 66.5 Å². The molecule has 3 aliphatic rings. The molecule has 0 spiro atoms. The number of quaternary nitrogens is 1. The largest absolute Gasteiger partial charge is 0.465 e. The molecule has 0 aromatic carbocycles. The number of esters is 1. The van der Waals surface area contributed by atoms with Crippen LogP contribution in [0, 0.1) is 5.92 Å². The highest BCUT2D eigenvalue weighted by Crippen LogP contribution is 2.36. The predicted molar refractivity (Wildman–Crippen MR) is 92.4 cm³/mol. The maximum Gasteiger partial charge on any atom is 0.307 e. The van der Waals surface area contributed by atoms with E-state index in [1.165, 1.54) is 43.7 Å². The number of ether oxygens (including phenoxy) is 1. The molecular weight excluding hydrogens is 320 g/mol. The van der Waals surface area contributed by atoms with Crippen LogP contribution in [-0.2, 0) is 19.1 Å². The molecule has 0 unspecified atom stereocenters. The summed E-state index contributed by atoms with van der Waals surface area (Å²) < 4.78 is 6.68. The van der Waals surface area contributed by atoms with E-state index >= 15 is 0 Å². The Labute approximate surface area is 150 Å². The second-order valence-electron chi connectivity index (χ2n) is 8.12. The Balaban J connectivity index is 1.45.